The van der Waals surface area contributed by atoms with Crippen LogP contribution >= 0.6 is 0 Å². The average molecular weight is 551 g/mol. The van der Waals surface area contributed by atoms with Crippen LogP contribution in [0.5, 0.6) is 17.2 Å². The lowest BCUT2D eigenvalue weighted by Crippen LogP contribution is -2.15. The number of nitrogens with one attached hydrogen (secondary N) is 1. The van der Waals surface area contributed by atoms with E-state index < -0.39 is 0 Å². The number of halogens is 1. The normalized spacial score (nSPS) is 14.4. The van der Waals surface area contributed by atoms with Crippen LogP contribution in [0.3, 0.4) is 0 Å². The molecule has 0 spiro atoms. The Morgan fingerprint density at radius 2 is 1.71 bits per heavy atom. The number of carbonyl (C=O) groups excluding carboxylic acids is 1. The third-order valence-corrected chi connectivity index (χ3v) is 7.62. The molecular weight excluding hydrogens is 519 g/mol. The summed E-state index contributed by atoms with van der Waals surface area (Å²) in [6.07, 6.45) is 3.03. The van der Waals surface area contributed by atoms with Crippen molar-refractivity contribution in [3.05, 3.63) is 119 Å². The van der Waals surface area contributed by atoms with Crippen LogP contribution in [0, 0.1) is 5.82 Å². The summed E-state index contributed by atoms with van der Waals surface area (Å²) >= 11 is 0. The first-order chi connectivity index (χ1) is 20.0. The van der Waals surface area contributed by atoms with E-state index >= 15 is 0 Å². The van der Waals surface area contributed by atoms with Gasteiger partial charge in [-0.2, -0.15) is 0 Å². The van der Waals surface area contributed by atoms with E-state index in [9.17, 15) is 9.18 Å². The number of rotatable bonds is 9. The predicted octanol–water partition coefficient (Wildman–Crippen LogP) is 6.94. The summed E-state index contributed by atoms with van der Waals surface area (Å²) in [7, 11) is 3.27. The molecule has 0 fully saturated rings. The molecule has 0 saturated carbocycles. The third kappa shape index (κ3) is 5.35. The quantitative estimate of drug-likeness (QED) is 0.216. The van der Waals surface area contributed by atoms with Gasteiger partial charge in [-0.1, -0.05) is 42.5 Å². The number of hydrogen-bond donors (Lipinski definition) is 1. The monoisotopic (exact) mass is 550 g/mol. The molecule has 1 aromatic heterocycles. The molecular formula is C34H31FN2O4. The number of anilines is 1. The summed E-state index contributed by atoms with van der Waals surface area (Å²) in [5.74, 6) is 1.45. The van der Waals surface area contributed by atoms with Crippen molar-refractivity contribution in [2.45, 2.75) is 25.3 Å². The van der Waals surface area contributed by atoms with Gasteiger partial charge in [0, 0.05) is 42.5 Å². The zero-order valence-corrected chi connectivity index (χ0v) is 23.0. The van der Waals surface area contributed by atoms with E-state index in [1.54, 1.807) is 26.4 Å². The lowest BCUT2D eigenvalue weighted by Gasteiger charge is -2.21. The highest BCUT2D eigenvalue weighted by atomic mass is 19.1. The van der Waals surface area contributed by atoms with E-state index in [0.717, 1.165) is 44.6 Å². The van der Waals surface area contributed by atoms with Crippen LogP contribution in [-0.4, -0.2) is 31.3 Å². The van der Waals surface area contributed by atoms with Crippen LogP contribution in [0.25, 0.3) is 10.9 Å². The van der Waals surface area contributed by atoms with Crippen molar-refractivity contribution in [1.82, 2.24) is 4.57 Å². The fourth-order valence-corrected chi connectivity index (χ4v) is 5.68. The summed E-state index contributed by atoms with van der Waals surface area (Å²) in [4.78, 5) is 13.2. The molecule has 1 amide bonds. The van der Waals surface area contributed by atoms with Crippen molar-refractivity contribution in [2.24, 2.45) is 0 Å². The Morgan fingerprint density at radius 1 is 0.902 bits per heavy atom. The van der Waals surface area contributed by atoms with Crippen LogP contribution < -0.4 is 19.5 Å². The molecule has 1 N–H and O–H groups in total. The molecule has 5 aromatic rings. The number of aromatic nitrogens is 1. The largest absolute Gasteiger partial charge is 0.497 e. The first-order valence-electron chi connectivity index (χ1n) is 13.6. The predicted molar refractivity (Wildman–Crippen MR) is 158 cm³/mol. The van der Waals surface area contributed by atoms with Crippen LogP contribution in [0.1, 0.15) is 34.6 Å². The van der Waals surface area contributed by atoms with Crippen LogP contribution in [0.2, 0.25) is 0 Å². The number of methoxy groups -OCH3 is 2. The van der Waals surface area contributed by atoms with E-state index in [4.69, 9.17) is 14.2 Å². The number of para-hydroxylation sites is 1. The molecule has 1 atom stereocenters. The standard InChI is InChI=1S/C34H31FN2O4/c1-39-25-14-12-22(13-15-25)16-17-41-34-26(8-4-11-31(34)40-2)27-19-32(38)36-29-9-5-10-30-33(29)28(27)21-37(30)20-23-6-3-7-24(35)18-23/h3-15,18,21,27H,16-17,19-20H2,1-2H3,(H,36,38)/t27-/m1/s1. The first-order valence-corrected chi connectivity index (χ1v) is 13.6. The third-order valence-electron chi connectivity index (χ3n) is 7.62. The fourth-order valence-electron chi connectivity index (χ4n) is 5.68. The minimum atomic E-state index is -0.277. The number of hydrogen-bond acceptors (Lipinski definition) is 4. The minimum Gasteiger partial charge on any atom is -0.497 e. The van der Waals surface area contributed by atoms with Gasteiger partial charge in [-0.15, -0.1) is 0 Å². The molecule has 7 heteroatoms. The van der Waals surface area contributed by atoms with Gasteiger partial charge in [0.1, 0.15) is 11.6 Å². The second-order valence-corrected chi connectivity index (χ2v) is 10.2. The maximum Gasteiger partial charge on any atom is 0.225 e. The number of carbonyl (C=O) groups is 1. The van der Waals surface area contributed by atoms with Crippen LogP contribution in [0.15, 0.2) is 91.1 Å². The summed E-state index contributed by atoms with van der Waals surface area (Å²) in [6.45, 7) is 0.937. The highest BCUT2D eigenvalue weighted by molar-refractivity contribution is 6.06. The second kappa shape index (κ2) is 11.4. The van der Waals surface area contributed by atoms with E-state index in [1.807, 2.05) is 66.7 Å². The first kappa shape index (κ1) is 26.4. The zero-order valence-electron chi connectivity index (χ0n) is 23.0. The fraction of sp³-hybridized carbons (Fsp3) is 0.206. The van der Waals surface area contributed by atoms with Crippen LogP contribution in [-0.2, 0) is 17.8 Å². The van der Waals surface area contributed by atoms with E-state index in [1.165, 1.54) is 6.07 Å². The molecule has 41 heavy (non-hydrogen) atoms. The number of ether oxygens (including phenoxy) is 3. The molecule has 4 aromatic carbocycles. The topological polar surface area (TPSA) is 61.7 Å². The Kier molecular flexibility index (Phi) is 7.33. The van der Waals surface area contributed by atoms with Crippen molar-refractivity contribution >= 4 is 22.5 Å². The Hall–Kier alpha value is -4.78. The summed E-state index contributed by atoms with van der Waals surface area (Å²) in [5.41, 5.74) is 5.63. The van der Waals surface area contributed by atoms with Crippen molar-refractivity contribution in [2.75, 3.05) is 26.1 Å². The molecule has 0 unspecified atom stereocenters. The number of amides is 1. The molecule has 0 bridgehead atoms. The highest BCUT2D eigenvalue weighted by Gasteiger charge is 2.31. The van der Waals surface area contributed by atoms with Crippen molar-refractivity contribution < 1.29 is 23.4 Å². The molecule has 6 rings (SSSR count). The van der Waals surface area contributed by atoms with E-state index in [0.29, 0.717) is 31.1 Å². The van der Waals surface area contributed by atoms with Gasteiger partial charge >= 0.3 is 0 Å². The molecule has 1 aliphatic heterocycles. The Labute approximate surface area is 238 Å². The lowest BCUT2D eigenvalue weighted by molar-refractivity contribution is -0.116. The maximum atomic E-state index is 14.0. The second-order valence-electron chi connectivity index (χ2n) is 10.2. The zero-order chi connectivity index (χ0) is 28.3. The summed E-state index contributed by atoms with van der Waals surface area (Å²) < 4.78 is 33.5. The molecule has 0 aliphatic carbocycles. The summed E-state index contributed by atoms with van der Waals surface area (Å²) in [5, 5.41) is 4.08. The van der Waals surface area contributed by atoms with Gasteiger partial charge in [0.05, 0.1) is 32.0 Å². The Morgan fingerprint density at radius 3 is 2.49 bits per heavy atom. The van der Waals surface area contributed by atoms with Gasteiger partial charge in [-0.25, -0.2) is 4.39 Å². The van der Waals surface area contributed by atoms with Crippen molar-refractivity contribution in [3.63, 3.8) is 0 Å². The minimum absolute atomic E-state index is 0.0672. The summed E-state index contributed by atoms with van der Waals surface area (Å²) in [6, 6.07) is 26.3. The number of nitrogens with zero attached hydrogens (tertiary/aromatic N) is 1. The Bertz CT molecular complexity index is 1710. The van der Waals surface area contributed by atoms with Gasteiger partial charge < -0.3 is 24.1 Å². The van der Waals surface area contributed by atoms with Gasteiger partial charge in [-0.05, 0) is 59.2 Å². The van der Waals surface area contributed by atoms with Crippen LogP contribution in [0.4, 0.5) is 10.1 Å². The molecule has 1 aliphatic rings. The molecule has 0 saturated heterocycles. The molecule has 6 nitrogen and oxygen atoms in total. The van der Waals surface area contributed by atoms with E-state index in [2.05, 4.69) is 16.1 Å². The van der Waals surface area contributed by atoms with Gasteiger partial charge in [-0.3, -0.25) is 4.79 Å². The molecule has 0 radical (unpaired) electrons. The van der Waals surface area contributed by atoms with Gasteiger partial charge in [0.25, 0.3) is 0 Å². The van der Waals surface area contributed by atoms with Gasteiger partial charge in [0.15, 0.2) is 11.5 Å². The van der Waals surface area contributed by atoms with Crippen molar-refractivity contribution in [1.29, 1.82) is 0 Å². The lowest BCUT2D eigenvalue weighted by atomic mass is 9.88. The molecule has 208 valence electrons. The highest BCUT2D eigenvalue weighted by Crippen LogP contribution is 2.46. The SMILES string of the molecule is COc1ccc(CCOc2c(OC)cccc2[C@H]2CC(=O)Nc3cccc4c3c2cn4Cc2cccc(F)c2)cc1. The van der Waals surface area contributed by atoms with Gasteiger partial charge in [0.2, 0.25) is 5.91 Å². The average Bonchev–Trinajstić information content (AvgIpc) is 3.27. The number of benzene rings is 4. The van der Waals surface area contributed by atoms with E-state index in [-0.39, 0.29) is 24.1 Å². The van der Waals surface area contributed by atoms with Crippen molar-refractivity contribution in [3.8, 4) is 17.2 Å². The Balaban J connectivity index is 1.39. The molecule has 2 heterocycles. The smallest absolute Gasteiger partial charge is 0.225 e. The maximum absolute atomic E-state index is 14.0.